The summed E-state index contributed by atoms with van der Waals surface area (Å²) in [6, 6.07) is 11.7. The van der Waals surface area contributed by atoms with Crippen LogP contribution >= 0.6 is 22.9 Å². The summed E-state index contributed by atoms with van der Waals surface area (Å²) < 4.78 is 0. The average Bonchev–Trinajstić information content (AvgIpc) is 3.05. The molecule has 1 aromatic carbocycles. The minimum atomic E-state index is -0.182. The summed E-state index contributed by atoms with van der Waals surface area (Å²) in [5.41, 5.74) is 2.11. The molecule has 27 heavy (non-hydrogen) atoms. The Kier molecular flexibility index (Phi) is 4.93. The van der Waals surface area contributed by atoms with Crippen LogP contribution in [-0.4, -0.2) is 9.97 Å². The van der Waals surface area contributed by atoms with Crippen LogP contribution in [0.15, 0.2) is 46.2 Å². The van der Waals surface area contributed by atoms with Crippen molar-refractivity contribution in [2.45, 2.75) is 25.7 Å². The topological polar surface area (TPSA) is 69.5 Å². The Morgan fingerprint density at radius 1 is 1.26 bits per heavy atom. The zero-order chi connectivity index (χ0) is 18.8. The zero-order valence-corrected chi connectivity index (χ0v) is 16.0. The van der Waals surface area contributed by atoms with Crippen LogP contribution in [0.25, 0.3) is 21.9 Å². The highest BCUT2D eigenvalue weighted by Crippen LogP contribution is 2.34. The Balaban J connectivity index is 1.77. The number of aryl methyl sites for hydroxylation is 2. The molecule has 6 heteroatoms. The Morgan fingerprint density at radius 3 is 2.81 bits per heavy atom. The van der Waals surface area contributed by atoms with Gasteiger partial charge in [-0.05, 0) is 49.0 Å². The van der Waals surface area contributed by atoms with E-state index in [0.717, 1.165) is 36.8 Å². The van der Waals surface area contributed by atoms with Crippen molar-refractivity contribution in [1.82, 2.24) is 9.97 Å². The van der Waals surface area contributed by atoms with Crippen molar-refractivity contribution in [3.8, 4) is 6.07 Å². The molecule has 0 atom stereocenters. The number of nitriles is 1. The molecule has 0 amide bonds. The monoisotopic (exact) mass is 393 g/mol. The lowest BCUT2D eigenvalue weighted by Crippen LogP contribution is -2.12. The fourth-order valence-electron chi connectivity index (χ4n) is 3.33. The number of rotatable bonds is 3. The third-order valence-electron chi connectivity index (χ3n) is 4.59. The number of thiophene rings is 1. The summed E-state index contributed by atoms with van der Waals surface area (Å²) in [6.07, 6.45) is 7.46. The molecule has 0 fully saturated rings. The van der Waals surface area contributed by atoms with Gasteiger partial charge >= 0.3 is 0 Å². The largest absolute Gasteiger partial charge is 0.305 e. The molecule has 1 N–H and O–H groups in total. The summed E-state index contributed by atoms with van der Waals surface area (Å²) >= 11 is 7.86. The Bertz CT molecular complexity index is 1170. The van der Waals surface area contributed by atoms with Crippen LogP contribution in [0, 0.1) is 11.3 Å². The molecule has 0 saturated carbocycles. The van der Waals surface area contributed by atoms with E-state index >= 15 is 0 Å². The van der Waals surface area contributed by atoms with Crippen LogP contribution in [0.4, 0.5) is 0 Å². The first-order chi connectivity index (χ1) is 13.2. The zero-order valence-electron chi connectivity index (χ0n) is 14.5. The Morgan fingerprint density at radius 2 is 2.04 bits per heavy atom. The van der Waals surface area contributed by atoms with Gasteiger partial charge in [-0.3, -0.25) is 4.79 Å². The summed E-state index contributed by atoms with van der Waals surface area (Å²) in [5, 5.41) is 10.6. The lowest BCUT2D eigenvalue weighted by atomic mass is 9.97. The number of aromatic amines is 1. The summed E-state index contributed by atoms with van der Waals surface area (Å²) in [6.45, 7) is 0. The van der Waals surface area contributed by atoms with Gasteiger partial charge in [0.2, 0.25) is 0 Å². The van der Waals surface area contributed by atoms with E-state index in [2.05, 4.69) is 16.0 Å². The molecule has 134 valence electrons. The number of nitrogens with zero attached hydrogens (tertiary/aromatic N) is 2. The standard InChI is InChI=1S/C21H16ClN3OS/c22-15(10-13-6-2-1-3-7-13)11-14(12-23)19-24-20(26)18-16-8-4-5-9-17(16)27-21(18)25-19/h1-3,6-7,10-11H,4-5,8-9H2,(H,24,25,26)/b14-11+,15-10-. The summed E-state index contributed by atoms with van der Waals surface area (Å²) in [4.78, 5) is 21.9. The van der Waals surface area contributed by atoms with Crippen LogP contribution in [0.5, 0.6) is 0 Å². The predicted molar refractivity (Wildman–Crippen MR) is 111 cm³/mol. The van der Waals surface area contributed by atoms with Crippen molar-refractivity contribution in [2.24, 2.45) is 0 Å². The van der Waals surface area contributed by atoms with Crippen molar-refractivity contribution in [1.29, 1.82) is 5.26 Å². The maximum absolute atomic E-state index is 12.7. The predicted octanol–water partition coefficient (Wildman–Crippen LogP) is 5.05. The second kappa shape index (κ2) is 7.51. The molecule has 0 spiro atoms. The van der Waals surface area contributed by atoms with Gasteiger partial charge in [0.25, 0.3) is 5.56 Å². The van der Waals surface area contributed by atoms with E-state index in [0.29, 0.717) is 15.2 Å². The fraction of sp³-hybridized carbons (Fsp3) is 0.190. The van der Waals surface area contributed by atoms with E-state index in [1.807, 2.05) is 30.3 Å². The van der Waals surface area contributed by atoms with E-state index in [-0.39, 0.29) is 17.0 Å². The maximum Gasteiger partial charge on any atom is 0.260 e. The molecule has 0 unspecified atom stereocenters. The smallest absolute Gasteiger partial charge is 0.260 e. The number of hydrogen-bond acceptors (Lipinski definition) is 4. The molecule has 1 aliphatic rings. The molecule has 0 bridgehead atoms. The van der Waals surface area contributed by atoms with Gasteiger partial charge in [-0.2, -0.15) is 5.26 Å². The molecule has 3 aromatic rings. The molecule has 2 aromatic heterocycles. The van der Waals surface area contributed by atoms with E-state index < -0.39 is 0 Å². The lowest BCUT2D eigenvalue weighted by molar-refractivity contribution is 0.700. The molecule has 4 rings (SSSR count). The van der Waals surface area contributed by atoms with E-state index in [4.69, 9.17) is 11.6 Å². The van der Waals surface area contributed by atoms with Crippen molar-refractivity contribution in [2.75, 3.05) is 0 Å². The van der Waals surface area contributed by atoms with E-state index in [1.54, 1.807) is 17.4 Å². The molecule has 0 aliphatic heterocycles. The molecular weight excluding hydrogens is 378 g/mol. The molecule has 4 nitrogen and oxygen atoms in total. The first-order valence-electron chi connectivity index (χ1n) is 8.74. The van der Waals surface area contributed by atoms with Gasteiger partial charge in [-0.25, -0.2) is 4.98 Å². The minimum absolute atomic E-state index is 0.182. The van der Waals surface area contributed by atoms with Crippen molar-refractivity contribution < 1.29 is 0 Å². The average molecular weight is 394 g/mol. The highest BCUT2D eigenvalue weighted by atomic mass is 35.5. The third kappa shape index (κ3) is 3.59. The fourth-order valence-corrected chi connectivity index (χ4v) is 4.83. The normalized spacial score (nSPS) is 14.8. The molecule has 0 radical (unpaired) electrons. The Hall–Kier alpha value is -2.68. The van der Waals surface area contributed by atoms with Crippen LogP contribution < -0.4 is 5.56 Å². The van der Waals surface area contributed by atoms with Crippen LogP contribution in [0.1, 0.15) is 34.7 Å². The number of benzene rings is 1. The van der Waals surface area contributed by atoms with Gasteiger partial charge in [0.05, 0.1) is 11.0 Å². The third-order valence-corrected chi connectivity index (χ3v) is 5.99. The van der Waals surface area contributed by atoms with Gasteiger partial charge in [0, 0.05) is 9.91 Å². The van der Waals surface area contributed by atoms with Gasteiger partial charge in [-0.1, -0.05) is 41.9 Å². The quantitative estimate of drug-likeness (QED) is 0.500. The molecule has 0 saturated heterocycles. The molecule has 1 aliphatic carbocycles. The Labute approximate surface area is 165 Å². The van der Waals surface area contributed by atoms with Crippen LogP contribution in [-0.2, 0) is 12.8 Å². The van der Waals surface area contributed by atoms with Gasteiger partial charge in [0.15, 0.2) is 5.82 Å². The maximum atomic E-state index is 12.7. The summed E-state index contributed by atoms with van der Waals surface area (Å²) in [7, 11) is 0. The van der Waals surface area contributed by atoms with Crippen LogP contribution in [0.2, 0.25) is 0 Å². The van der Waals surface area contributed by atoms with E-state index in [1.165, 1.54) is 11.0 Å². The van der Waals surface area contributed by atoms with Crippen molar-refractivity contribution in [3.05, 3.63) is 73.6 Å². The van der Waals surface area contributed by atoms with Gasteiger partial charge < -0.3 is 4.98 Å². The van der Waals surface area contributed by atoms with E-state index in [9.17, 15) is 10.1 Å². The second-order valence-electron chi connectivity index (χ2n) is 6.42. The number of fused-ring (bicyclic) bond motifs is 3. The number of aromatic nitrogens is 2. The minimum Gasteiger partial charge on any atom is -0.305 e. The molecular formula is C21H16ClN3OS. The second-order valence-corrected chi connectivity index (χ2v) is 7.94. The first-order valence-corrected chi connectivity index (χ1v) is 9.94. The first kappa shape index (κ1) is 17.7. The van der Waals surface area contributed by atoms with Gasteiger partial charge in [0.1, 0.15) is 10.9 Å². The number of nitrogens with one attached hydrogen (secondary N) is 1. The van der Waals surface area contributed by atoms with Crippen LogP contribution in [0.3, 0.4) is 0 Å². The number of allylic oxidation sites excluding steroid dienone is 3. The highest BCUT2D eigenvalue weighted by molar-refractivity contribution is 7.18. The summed E-state index contributed by atoms with van der Waals surface area (Å²) in [5.74, 6) is 0.258. The number of halogens is 1. The number of hydrogen-bond donors (Lipinski definition) is 1. The molecule has 2 heterocycles. The number of H-pyrrole nitrogens is 1. The van der Waals surface area contributed by atoms with Crippen molar-refractivity contribution >= 4 is 44.8 Å². The lowest BCUT2D eigenvalue weighted by Gasteiger charge is -2.09. The van der Waals surface area contributed by atoms with Crippen molar-refractivity contribution in [3.63, 3.8) is 0 Å². The van der Waals surface area contributed by atoms with Gasteiger partial charge in [-0.15, -0.1) is 11.3 Å². The SMILES string of the molecule is N#C/C(=C\C(Cl)=C\c1ccccc1)c1nc2sc3c(c2c(=O)[nH]1)CCCC3. The highest BCUT2D eigenvalue weighted by Gasteiger charge is 2.20.